The molecule has 0 saturated heterocycles. The Morgan fingerprint density at radius 2 is 2.07 bits per heavy atom. The van der Waals surface area contributed by atoms with Crippen LogP contribution in [0, 0.1) is 12.8 Å². The number of nitrogens with zero attached hydrogens (tertiary/aromatic N) is 4. The molecular formula is C20H23N5O2S. The van der Waals surface area contributed by atoms with Gasteiger partial charge in [-0.05, 0) is 25.0 Å². The van der Waals surface area contributed by atoms with Crippen LogP contribution in [0.5, 0.6) is 0 Å². The third-order valence-corrected chi connectivity index (χ3v) is 5.88. The van der Waals surface area contributed by atoms with Crippen molar-refractivity contribution in [3.8, 4) is 5.69 Å². The summed E-state index contributed by atoms with van der Waals surface area (Å²) in [4.78, 5) is 30.0. The Morgan fingerprint density at radius 1 is 1.32 bits per heavy atom. The molecule has 0 saturated carbocycles. The molecule has 0 aliphatic carbocycles. The molecule has 0 fully saturated rings. The summed E-state index contributed by atoms with van der Waals surface area (Å²) < 4.78 is 3.35. The Bertz CT molecular complexity index is 1080. The van der Waals surface area contributed by atoms with E-state index in [2.05, 4.69) is 24.3 Å². The van der Waals surface area contributed by atoms with E-state index in [9.17, 15) is 9.59 Å². The van der Waals surface area contributed by atoms with Crippen LogP contribution in [0.15, 0.2) is 40.4 Å². The number of hydrogen-bond donors (Lipinski definition) is 1. The molecule has 1 atom stereocenters. The second kappa shape index (κ2) is 7.43. The maximum Gasteiger partial charge on any atom is 0.265 e. The Morgan fingerprint density at radius 3 is 2.79 bits per heavy atom. The molecule has 8 heteroatoms. The molecule has 1 aliphatic rings. The molecule has 1 N–H and O–H groups in total. The minimum Gasteiger partial charge on any atom is -0.356 e. The molecule has 3 heterocycles. The van der Waals surface area contributed by atoms with Crippen LogP contribution in [0.2, 0.25) is 0 Å². The lowest BCUT2D eigenvalue weighted by molar-refractivity contribution is -0.121. The standard InChI is InChI=1S/C20H23N5O2S/c1-12(2)9-21-17(26)8-15-11-28-20-23-18-16(19(27)24(15)20)10-22-25(18)14-6-4-13(3)5-7-14/h4-7,10,12,15H,8-9,11H2,1-3H3,(H,21,26). The van der Waals surface area contributed by atoms with Crippen LogP contribution in [0.25, 0.3) is 16.7 Å². The zero-order valence-corrected chi connectivity index (χ0v) is 17.0. The van der Waals surface area contributed by atoms with Crippen LogP contribution in [-0.4, -0.2) is 37.5 Å². The van der Waals surface area contributed by atoms with Gasteiger partial charge >= 0.3 is 0 Å². The highest BCUT2D eigenvalue weighted by molar-refractivity contribution is 7.99. The van der Waals surface area contributed by atoms with E-state index in [-0.39, 0.29) is 23.9 Å². The number of fused-ring (bicyclic) bond motifs is 2. The topological polar surface area (TPSA) is 81.8 Å². The van der Waals surface area contributed by atoms with Gasteiger partial charge in [0.2, 0.25) is 5.91 Å². The van der Waals surface area contributed by atoms with Gasteiger partial charge in [-0.3, -0.25) is 14.2 Å². The predicted molar refractivity (Wildman–Crippen MR) is 110 cm³/mol. The average Bonchev–Trinajstić information content (AvgIpc) is 3.26. The molecule has 4 rings (SSSR count). The molecule has 0 spiro atoms. The van der Waals surface area contributed by atoms with Crippen LogP contribution in [0.1, 0.15) is 31.9 Å². The first-order valence-corrected chi connectivity index (χ1v) is 10.4. The Labute approximate surface area is 167 Å². The molecule has 3 aromatic rings. The highest BCUT2D eigenvalue weighted by atomic mass is 32.2. The fourth-order valence-corrected chi connectivity index (χ4v) is 4.39. The lowest BCUT2D eigenvalue weighted by atomic mass is 10.2. The van der Waals surface area contributed by atoms with E-state index < -0.39 is 0 Å². The maximum absolute atomic E-state index is 13.1. The lowest BCUT2D eigenvalue weighted by Gasteiger charge is -2.14. The van der Waals surface area contributed by atoms with Crippen molar-refractivity contribution in [3.05, 3.63) is 46.4 Å². The minimum atomic E-state index is -0.181. The molecule has 146 valence electrons. The number of carbonyl (C=O) groups excluding carboxylic acids is 1. The van der Waals surface area contributed by atoms with Crippen molar-refractivity contribution < 1.29 is 4.79 Å². The summed E-state index contributed by atoms with van der Waals surface area (Å²) in [5.74, 6) is 1.03. The van der Waals surface area contributed by atoms with E-state index in [1.807, 2.05) is 31.2 Å². The monoisotopic (exact) mass is 397 g/mol. The summed E-state index contributed by atoms with van der Waals surface area (Å²) in [5.41, 5.74) is 2.44. The third-order valence-electron chi connectivity index (χ3n) is 4.78. The van der Waals surface area contributed by atoms with Crippen molar-refractivity contribution in [2.24, 2.45) is 5.92 Å². The van der Waals surface area contributed by atoms with Crippen molar-refractivity contribution in [1.29, 1.82) is 0 Å². The highest BCUT2D eigenvalue weighted by Crippen LogP contribution is 2.33. The summed E-state index contributed by atoms with van der Waals surface area (Å²) in [7, 11) is 0. The zero-order chi connectivity index (χ0) is 19.8. The summed E-state index contributed by atoms with van der Waals surface area (Å²) in [6.07, 6.45) is 1.85. The van der Waals surface area contributed by atoms with Gasteiger partial charge in [-0.2, -0.15) is 5.10 Å². The molecule has 0 radical (unpaired) electrons. The minimum absolute atomic E-state index is 0.0329. The molecule has 0 bridgehead atoms. The number of aryl methyl sites for hydroxylation is 1. The number of benzene rings is 1. The fourth-order valence-electron chi connectivity index (χ4n) is 3.26. The number of hydrogen-bond acceptors (Lipinski definition) is 5. The van der Waals surface area contributed by atoms with Crippen molar-refractivity contribution >= 4 is 28.7 Å². The van der Waals surface area contributed by atoms with Crippen molar-refractivity contribution in [3.63, 3.8) is 0 Å². The first kappa shape index (κ1) is 18.7. The second-order valence-corrected chi connectivity index (χ2v) is 8.55. The van der Waals surface area contributed by atoms with Crippen LogP contribution in [0.4, 0.5) is 0 Å². The first-order chi connectivity index (χ1) is 13.4. The Balaban J connectivity index is 1.67. The van der Waals surface area contributed by atoms with Gasteiger partial charge in [0.15, 0.2) is 10.8 Å². The summed E-state index contributed by atoms with van der Waals surface area (Å²) >= 11 is 1.51. The van der Waals surface area contributed by atoms with Crippen LogP contribution in [-0.2, 0) is 4.79 Å². The van der Waals surface area contributed by atoms with Gasteiger partial charge in [0.1, 0.15) is 5.39 Å². The van der Waals surface area contributed by atoms with Crippen LogP contribution >= 0.6 is 11.8 Å². The van der Waals surface area contributed by atoms with Gasteiger partial charge in [0, 0.05) is 18.7 Å². The largest absolute Gasteiger partial charge is 0.356 e. The zero-order valence-electron chi connectivity index (χ0n) is 16.2. The van der Waals surface area contributed by atoms with Crippen LogP contribution in [0.3, 0.4) is 0 Å². The number of thioether (sulfide) groups is 1. The SMILES string of the molecule is Cc1ccc(-n2ncc3c(=O)n4c(nc32)SCC4CC(=O)NCC(C)C)cc1. The number of carbonyl (C=O) groups is 1. The van der Waals surface area contributed by atoms with Gasteiger partial charge < -0.3 is 5.32 Å². The second-order valence-electron chi connectivity index (χ2n) is 7.57. The van der Waals surface area contributed by atoms with Gasteiger partial charge in [-0.25, -0.2) is 9.67 Å². The first-order valence-electron chi connectivity index (χ1n) is 9.41. The van der Waals surface area contributed by atoms with E-state index in [1.54, 1.807) is 15.4 Å². The van der Waals surface area contributed by atoms with E-state index >= 15 is 0 Å². The molecule has 1 amide bonds. The average molecular weight is 398 g/mol. The number of aromatic nitrogens is 4. The Hall–Kier alpha value is -2.61. The molecule has 1 unspecified atom stereocenters. The number of rotatable bonds is 5. The number of nitrogens with one attached hydrogen (secondary N) is 1. The summed E-state index contributed by atoms with van der Waals surface area (Å²) in [6, 6.07) is 7.75. The summed E-state index contributed by atoms with van der Waals surface area (Å²) in [6.45, 7) is 6.77. The summed E-state index contributed by atoms with van der Waals surface area (Å²) in [5, 5.41) is 8.43. The van der Waals surface area contributed by atoms with E-state index in [1.165, 1.54) is 11.8 Å². The van der Waals surface area contributed by atoms with Crippen molar-refractivity contribution in [2.75, 3.05) is 12.3 Å². The molecular weight excluding hydrogens is 374 g/mol. The Kier molecular flexibility index (Phi) is 4.97. The predicted octanol–water partition coefficient (Wildman–Crippen LogP) is 2.70. The molecule has 28 heavy (non-hydrogen) atoms. The third kappa shape index (κ3) is 3.44. The smallest absolute Gasteiger partial charge is 0.265 e. The van der Waals surface area contributed by atoms with Crippen molar-refractivity contribution in [1.82, 2.24) is 24.6 Å². The van der Waals surface area contributed by atoms with E-state index in [4.69, 9.17) is 4.98 Å². The number of amides is 1. The molecule has 1 aromatic carbocycles. The highest BCUT2D eigenvalue weighted by Gasteiger charge is 2.29. The van der Waals surface area contributed by atoms with Gasteiger partial charge in [0.05, 0.1) is 17.9 Å². The van der Waals surface area contributed by atoms with Crippen molar-refractivity contribution in [2.45, 2.75) is 38.4 Å². The molecule has 1 aliphatic heterocycles. The van der Waals surface area contributed by atoms with E-state index in [0.717, 1.165) is 11.3 Å². The van der Waals surface area contributed by atoms with Gasteiger partial charge in [-0.15, -0.1) is 0 Å². The molecule has 2 aromatic heterocycles. The normalized spacial score (nSPS) is 15.9. The van der Waals surface area contributed by atoms with Gasteiger partial charge in [0.25, 0.3) is 5.56 Å². The van der Waals surface area contributed by atoms with Crippen LogP contribution < -0.4 is 10.9 Å². The fraction of sp³-hybridized carbons (Fsp3) is 0.400. The van der Waals surface area contributed by atoms with E-state index in [0.29, 0.717) is 34.4 Å². The maximum atomic E-state index is 13.1. The van der Waals surface area contributed by atoms with Gasteiger partial charge in [-0.1, -0.05) is 43.3 Å². The lowest BCUT2D eigenvalue weighted by Crippen LogP contribution is -2.32. The molecule has 7 nitrogen and oxygen atoms in total. The quantitative estimate of drug-likeness (QED) is 0.670.